The van der Waals surface area contributed by atoms with Crippen LogP contribution in [0.2, 0.25) is 0 Å². The van der Waals surface area contributed by atoms with Crippen molar-refractivity contribution in [3.05, 3.63) is 17.0 Å². The van der Waals surface area contributed by atoms with Gasteiger partial charge < -0.3 is 10.4 Å². The molecule has 1 aliphatic rings. The molecule has 0 radical (unpaired) electrons. The molecule has 1 atom stereocenters. The second kappa shape index (κ2) is 5.52. The predicted octanol–water partition coefficient (Wildman–Crippen LogP) is 2.04. The zero-order valence-electron chi connectivity index (χ0n) is 12.6. The van der Waals surface area contributed by atoms with Gasteiger partial charge in [-0.05, 0) is 31.6 Å². The minimum atomic E-state index is -4.63. The number of nitrogens with one attached hydrogen (secondary N) is 1. The van der Waals surface area contributed by atoms with Gasteiger partial charge in [-0.3, -0.25) is 0 Å². The molecule has 2 N–H and O–H groups in total. The first-order valence-electron chi connectivity index (χ1n) is 7.05. The molecule has 0 spiro atoms. The zero-order chi connectivity index (χ0) is 16.8. The number of thioether (sulfide) groups is 1. The lowest BCUT2D eigenvalue weighted by Gasteiger charge is -2.22. The van der Waals surface area contributed by atoms with Gasteiger partial charge in [0, 0.05) is 17.9 Å². The molecule has 0 bridgehead atoms. The van der Waals surface area contributed by atoms with Crippen LogP contribution in [0.4, 0.5) is 19.0 Å². The fraction of sp³-hybridized carbons (Fsp3) is 0.615. The van der Waals surface area contributed by atoms with E-state index >= 15 is 0 Å². The van der Waals surface area contributed by atoms with Gasteiger partial charge in [0.05, 0.1) is 5.60 Å². The van der Waals surface area contributed by atoms with Gasteiger partial charge in [0.1, 0.15) is 5.82 Å². The zero-order valence-corrected chi connectivity index (χ0v) is 13.4. The van der Waals surface area contributed by atoms with Crippen LogP contribution in [0.25, 0.3) is 5.65 Å². The fourth-order valence-corrected chi connectivity index (χ4v) is 3.75. The molecule has 1 fully saturated rings. The topological polar surface area (TPSA) is 75.3 Å². The van der Waals surface area contributed by atoms with E-state index in [2.05, 4.69) is 20.6 Å². The molecule has 3 rings (SSSR count). The summed E-state index contributed by atoms with van der Waals surface area (Å²) in [6.45, 7) is 3.66. The van der Waals surface area contributed by atoms with Gasteiger partial charge in [-0.15, -0.1) is 15.3 Å². The third-order valence-electron chi connectivity index (χ3n) is 4.01. The quantitative estimate of drug-likeness (QED) is 0.885. The Kier molecular flexibility index (Phi) is 3.91. The number of anilines is 1. The maximum absolute atomic E-state index is 13.0. The number of fused-ring (bicyclic) bond motifs is 1. The molecule has 2 aromatic rings. The van der Waals surface area contributed by atoms with Gasteiger partial charge in [-0.2, -0.15) is 29.4 Å². The van der Waals surface area contributed by atoms with Gasteiger partial charge in [-0.25, -0.2) is 0 Å². The second-order valence-corrected chi connectivity index (χ2v) is 6.84. The van der Waals surface area contributed by atoms with Crippen LogP contribution in [0.1, 0.15) is 23.4 Å². The average Bonchev–Trinajstić information content (AvgIpc) is 3.07. The summed E-state index contributed by atoms with van der Waals surface area (Å²) in [5, 5.41) is 24.1. The van der Waals surface area contributed by atoms with Crippen molar-refractivity contribution in [2.45, 2.75) is 32.0 Å². The maximum Gasteiger partial charge on any atom is 0.453 e. The molecule has 1 aliphatic heterocycles. The number of hydrogen-bond acceptors (Lipinski definition) is 6. The van der Waals surface area contributed by atoms with E-state index in [1.54, 1.807) is 25.6 Å². The lowest BCUT2D eigenvalue weighted by Crippen LogP contribution is -2.37. The Hall–Kier alpha value is -1.55. The molecule has 23 heavy (non-hydrogen) atoms. The number of halogens is 3. The number of aromatic nitrogens is 4. The Morgan fingerprint density at radius 2 is 2.04 bits per heavy atom. The van der Waals surface area contributed by atoms with E-state index in [4.69, 9.17) is 0 Å². The van der Waals surface area contributed by atoms with Crippen molar-refractivity contribution >= 4 is 23.2 Å². The van der Waals surface area contributed by atoms with Crippen LogP contribution in [-0.2, 0) is 6.18 Å². The van der Waals surface area contributed by atoms with E-state index in [-0.39, 0.29) is 12.2 Å². The van der Waals surface area contributed by atoms with Crippen LogP contribution < -0.4 is 5.32 Å². The van der Waals surface area contributed by atoms with Gasteiger partial charge in [-0.1, -0.05) is 0 Å². The highest BCUT2D eigenvalue weighted by Gasteiger charge is 2.38. The van der Waals surface area contributed by atoms with Gasteiger partial charge in [0.25, 0.3) is 5.82 Å². The summed E-state index contributed by atoms with van der Waals surface area (Å²) >= 11 is 1.65. The van der Waals surface area contributed by atoms with E-state index in [0.29, 0.717) is 33.6 Å². The summed E-state index contributed by atoms with van der Waals surface area (Å²) < 4.78 is 39.6. The Labute approximate surface area is 134 Å². The molecule has 126 valence electrons. The van der Waals surface area contributed by atoms with E-state index in [1.165, 1.54) is 0 Å². The molecule has 1 saturated heterocycles. The van der Waals surface area contributed by atoms with E-state index in [9.17, 15) is 18.3 Å². The Morgan fingerprint density at radius 3 is 2.65 bits per heavy atom. The van der Waals surface area contributed by atoms with Crippen LogP contribution in [0, 0.1) is 13.8 Å². The first kappa shape index (κ1) is 16.3. The highest BCUT2D eigenvalue weighted by molar-refractivity contribution is 7.99. The molecule has 0 amide bonds. The number of nitrogens with zero attached hydrogens (tertiary/aromatic N) is 4. The minimum Gasteiger partial charge on any atom is -0.387 e. The largest absolute Gasteiger partial charge is 0.453 e. The first-order chi connectivity index (χ1) is 10.7. The monoisotopic (exact) mass is 347 g/mol. The van der Waals surface area contributed by atoms with Crippen molar-refractivity contribution in [2.24, 2.45) is 0 Å². The normalized spacial score (nSPS) is 22.0. The van der Waals surface area contributed by atoms with Crippen LogP contribution in [-0.4, -0.2) is 48.6 Å². The number of rotatable bonds is 3. The standard InChI is InChI=1S/C13H16F3N5OS/c1-7-8(2)10-18-19-11(13(14,15)16)21(10)20-9(7)17-5-12(22)3-4-23-6-12/h22H,3-6H2,1-2H3,(H,17,20). The van der Waals surface area contributed by atoms with Crippen molar-refractivity contribution in [3.63, 3.8) is 0 Å². The second-order valence-electron chi connectivity index (χ2n) is 5.74. The van der Waals surface area contributed by atoms with Crippen molar-refractivity contribution in [2.75, 3.05) is 23.4 Å². The number of alkyl halides is 3. The summed E-state index contributed by atoms with van der Waals surface area (Å²) in [5.41, 5.74) is 0.475. The lowest BCUT2D eigenvalue weighted by atomic mass is 10.0. The molecular formula is C13H16F3N5OS. The summed E-state index contributed by atoms with van der Waals surface area (Å²) in [7, 11) is 0. The predicted molar refractivity (Wildman–Crippen MR) is 80.6 cm³/mol. The third kappa shape index (κ3) is 2.97. The SMILES string of the molecule is Cc1c(NCC2(O)CCSC2)nn2c(C(F)(F)F)nnc2c1C. The van der Waals surface area contributed by atoms with Crippen molar-refractivity contribution in [1.82, 2.24) is 19.8 Å². The minimum absolute atomic E-state index is 0.0792. The Balaban J connectivity index is 1.98. The van der Waals surface area contributed by atoms with Gasteiger partial charge >= 0.3 is 6.18 Å². The highest BCUT2D eigenvalue weighted by atomic mass is 32.2. The van der Waals surface area contributed by atoms with Gasteiger partial charge in [0.2, 0.25) is 0 Å². The summed E-state index contributed by atoms with van der Waals surface area (Å²) in [6, 6.07) is 0. The average molecular weight is 347 g/mol. The molecule has 0 saturated carbocycles. The van der Waals surface area contributed by atoms with Crippen LogP contribution >= 0.6 is 11.8 Å². The number of aryl methyl sites for hydroxylation is 1. The summed E-state index contributed by atoms with van der Waals surface area (Å²) in [5.74, 6) is 0.604. The molecule has 2 aromatic heterocycles. The van der Waals surface area contributed by atoms with E-state index < -0.39 is 17.6 Å². The van der Waals surface area contributed by atoms with E-state index in [1.807, 2.05) is 0 Å². The van der Waals surface area contributed by atoms with Crippen molar-refractivity contribution < 1.29 is 18.3 Å². The molecule has 3 heterocycles. The smallest absolute Gasteiger partial charge is 0.387 e. The summed E-state index contributed by atoms with van der Waals surface area (Å²) in [6.07, 6.45) is -3.99. The molecule has 1 unspecified atom stereocenters. The Bertz CT molecular complexity index is 739. The van der Waals surface area contributed by atoms with Crippen LogP contribution in [0.3, 0.4) is 0 Å². The molecule has 10 heteroatoms. The lowest BCUT2D eigenvalue weighted by molar-refractivity contribution is -0.146. The number of aliphatic hydroxyl groups is 1. The van der Waals surface area contributed by atoms with E-state index in [0.717, 1.165) is 5.75 Å². The summed E-state index contributed by atoms with van der Waals surface area (Å²) in [4.78, 5) is 0. The molecular weight excluding hydrogens is 331 g/mol. The number of hydrogen-bond donors (Lipinski definition) is 2. The van der Waals surface area contributed by atoms with Crippen molar-refractivity contribution in [1.29, 1.82) is 0 Å². The third-order valence-corrected chi connectivity index (χ3v) is 5.25. The van der Waals surface area contributed by atoms with Crippen LogP contribution in [0.15, 0.2) is 0 Å². The Morgan fingerprint density at radius 1 is 1.30 bits per heavy atom. The maximum atomic E-state index is 13.0. The van der Waals surface area contributed by atoms with Crippen LogP contribution in [0.5, 0.6) is 0 Å². The molecule has 6 nitrogen and oxygen atoms in total. The van der Waals surface area contributed by atoms with Crippen molar-refractivity contribution in [3.8, 4) is 0 Å². The first-order valence-corrected chi connectivity index (χ1v) is 8.20. The van der Waals surface area contributed by atoms with Gasteiger partial charge in [0.15, 0.2) is 5.65 Å². The molecule has 0 aromatic carbocycles. The highest BCUT2D eigenvalue weighted by Crippen LogP contribution is 2.31. The fourth-order valence-electron chi connectivity index (χ4n) is 2.46. The molecule has 0 aliphatic carbocycles.